The predicted molar refractivity (Wildman–Crippen MR) is 48.1 cm³/mol. The lowest BCUT2D eigenvalue weighted by Crippen LogP contribution is -2.45. The van der Waals surface area contributed by atoms with Gasteiger partial charge in [0, 0.05) is 13.6 Å². The van der Waals surface area contributed by atoms with E-state index in [1.807, 2.05) is 13.8 Å². The molecular weight excluding hydrogens is 172 g/mol. The van der Waals surface area contributed by atoms with Gasteiger partial charge in [-0.2, -0.15) is 0 Å². The number of rotatable bonds is 3. The number of aliphatic hydroxyl groups excluding tert-OH is 1. The van der Waals surface area contributed by atoms with E-state index in [1.54, 1.807) is 0 Å². The number of carbonyl (C=O) groups is 2. The molecule has 0 aliphatic carbocycles. The Hall–Kier alpha value is -1.10. The van der Waals surface area contributed by atoms with Crippen molar-refractivity contribution in [2.75, 3.05) is 20.2 Å². The Kier molecular flexibility index (Phi) is 5.06. The van der Waals surface area contributed by atoms with E-state index < -0.39 is 18.5 Å². The van der Waals surface area contributed by atoms with Crippen molar-refractivity contribution in [2.45, 2.75) is 13.8 Å². The van der Waals surface area contributed by atoms with Crippen LogP contribution in [0.25, 0.3) is 0 Å². The monoisotopic (exact) mass is 188 g/mol. The van der Waals surface area contributed by atoms with Gasteiger partial charge in [-0.25, -0.2) is 4.79 Å². The number of nitrogens with one attached hydrogen (secondary N) is 1. The second kappa shape index (κ2) is 5.53. The van der Waals surface area contributed by atoms with Crippen LogP contribution >= 0.6 is 0 Å². The summed E-state index contributed by atoms with van der Waals surface area (Å²) in [5.74, 6) is -0.388. The topological polar surface area (TPSA) is 69.6 Å². The first-order valence-electron chi connectivity index (χ1n) is 4.15. The van der Waals surface area contributed by atoms with Gasteiger partial charge in [-0.3, -0.25) is 9.69 Å². The number of urea groups is 1. The Morgan fingerprint density at radius 1 is 1.46 bits per heavy atom. The fraction of sp³-hybridized carbons (Fsp3) is 0.750. The van der Waals surface area contributed by atoms with Crippen molar-refractivity contribution >= 4 is 11.9 Å². The van der Waals surface area contributed by atoms with Crippen LogP contribution in [-0.4, -0.2) is 42.1 Å². The molecule has 0 aliphatic heterocycles. The van der Waals surface area contributed by atoms with E-state index in [4.69, 9.17) is 5.11 Å². The van der Waals surface area contributed by atoms with Crippen LogP contribution in [0.5, 0.6) is 0 Å². The van der Waals surface area contributed by atoms with Crippen LogP contribution in [0.3, 0.4) is 0 Å². The molecule has 0 aromatic rings. The SMILES string of the molecule is CNC(=O)N(CC(C)C)C(=O)CO. The van der Waals surface area contributed by atoms with Gasteiger partial charge in [0.25, 0.3) is 5.91 Å². The second-order valence-electron chi connectivity index (χ2n) is 3.11. The average molecular weight is 188 g/mol. The summed E-state index contributed by atoms with van der Waals surface area (Å²) >= 11 is 0. The van der Waals surface area contributed by atoms with Crippen molar-refractivity contribution in [3.8, 4) is 0 Å². The van der Waals surface area contributed by atoms with Gasteiger partial charge in [-0.15, -0.1) is 0 Å². The Balaban J connectivity index is 4.36. The van der Waals surface area contributed by atoms with Crippen LogP contribution in [0.4, 0.5) is 4.79 Å². The third kappa shape index (κ3) is 3.89. The van der Waals surface area contributed by atoms with Gasteiger partial charge >= 0.3 is 6.03 Å². The van der Waals surface area contributed by atoms with E-state index in [9.17, 15) is 9.59 Å². The second-order valence-corrected chi connectivity index (χ2v) is 3.11. The zero-order valence-corrected chi connectivity index (χ0v) is 8.20. The number of hydrogen-bond acceptors (Lipinski definition) is 3. The molecule has 13 heavy (non-hydrogen) atoms. The summed E-state index contributed by atoms with van der Waals surface area (Å²) in [6.07, 6.45) is 0. The third-order valence-electron chi connectivity index (χ3n) is 1.44. The lowest BCUT2D eigenvalue weighted by molar-refractivity contribution is -0.131. The van der Waals surface area contributed by atoms with E-state index in [0.29, 0.717) is 6.54 Å². The summed E-state index contributed by atoms with van der Waals surface area (Å²) in [7, 11) is 1.44. The summed E-state index contributed by atoms with van der Waals surface area (Å²) in [6, 6.07) is -0.479. The summed E-state index contributed by atoms with van der Waals surface area (Å²) in [5.41, 5.74) is 0. The third-order valence-corrected chi connectivity index (χ3v) is 1.44. The Morgan fingerprint density at radius 3 is 2.31 bits per heavy atom. The standard InChI is InChI=1S/C8H16N2O3/c1-6(2)4-10(7(12)5-11)8(13)9-3/h6,11H,4-5H2,1-3H3,(H,9,13). The summed E-state index contributed by atoms with van der Waals surface area (Å²) in [4.78, 5) is 23.2. The van der Waals surface area contributed by atoms with Crippen molar-refractivity contribution in [1.29, 1.82) is 0 Å². The maximum Gasteiger partial charge on any atom is 0.323 e. The Labute approximate surface area is 77.7 Å². The van der Waals surface area contributed by atoms with Gasteiger partial charge in [-0.05, 0) is 5.92 Å². The number of carbonyl (C=O) groups excluding carboxylic acids is 2. The molecule has 0 unspecified atom stereocenters. The molecule has 5 nitrogen and oxygen atoms in total. The smallest absolute Gasteiger partial charge is 0.323 e. The molecule has 5 heteroatoms. The molecule has 2 N–H and O–H groups in total. The van der Waals surface area contributed by atoms with Crippen molar-refractivity contribution in [3.63, 3.8) is 0 Å². The van der Waals surface area contributed by atoms with Crippen molar-refractivity contribution < 1.29 is 14.7 Å². The molecule has 0 rings (SSSR count). The number of imide groups is 1. The summed E-state index contributed by atoms with van der Waals surface area (Å²) in [5, 5.41) is 10.9. The van der Waals surface area contributed by atoms with Crippen LogP contribution < -0.4 is 5.32 Å². The Morgan fingerprint density at radius 2 is 2.00 bits per heavy atom. The predicted octanol–water partition coefficient (Wildman–Crippen LogP) is -0.197. The first kappa shape index (κ1) is 11.9. The molecule has 0 atom stereocenters. The molecule has 0 bridgehead atoms. The van der Waals surface area contributed by atoms with E-state index in [1.165, 1.54) is 7.05 Å². The molecule has 0 saturated carbocycles. The highest BCUT2D eigenvalue weighted by atomic mass is 16.3. The fourth-order valence-electron chi connectivity index (χ4n) is 0.883. The first-order valence-corrected chi connectivity index (χ1v) is 4.15. The zero-order chi connectivity index (χ0) is 10.4. The van der Waals surface area contributed by atoms with E-state index in [-0.39, 0.29) is 5.92 Å². The molecule has 76 valence electrons. The minimum atomic E-state index is -0.639. The van der Waals surface area contributed by atoms with Crippen molar-refractivity contribution in [1.82, 2.24) is 10.2 Å². The molecule has 0 spiro atoms. The molecule has 0 heterocycles. The zero-order valence-electron chi connectivity index (χ0n) is 8.20. The highest BCUT2D eigenvalue weighted by Gasteiger charge is 2.19. The summed E-state index contributed by atoms with van der Waals surface area (Å²) in [6.45, 7) is 3.46. The van der Waals surface area contributed by atoms with Gasteiger partial charge in [0.15, 0.2) is 0 Å². The molecule has 0 fully saturated rings. The molecule has 3 amide bonds. The maximum atomic E-state index is 11.1. The maximum absolute atomic E-state index is 11.1. The van der Waals surface area contributed by atoms with Crippen LogP contribution in [-0.2, 0) is 4.79 Å². The summed E-state index contributed by atoms with van der Waals surface area (Å²) < 4.78 is 0. The number of hydrogen-bond donors (Lipinski definition) is 2. The van der Waals surface area contributed by atoms with Crippen molar-refractivity contribution in [3.05, 3.63) is 0 Å². The van der Waals surface area contributed by atoms with Gasteiger partial charge in [0.2, 0.25) is 0 Å². The quantitative estimate of drug-likeness (QED) is 0.644. The van der Waals surface area contributed by atoms with Gasteiger partial charge in [0.05, 0.1) is 0 Å². The van der Waals surface area contributed by atoms with Gasteiger partial charge < -0.3 is 10.4 Å². The van der Waals surface area contributed by atoms with E-state index in [0.717, 1.165) is 4.90 Å². The fourth-order valence-corrected chi connectivity index (χ4v) is 0.883. The van der Waals surface area contributed by atoms with Crippen LogP contribution in [0.1, 0.15) is 13.8 Å². The number of amides is 3. The van der Waals surface area contributed by atoms with Crippen molar-refractivity contribution in [2.24, 2.45) is 5.92 Å². The van der Waals surface area contributed by atoms with E-state index >= 15 is 0 Å². The highest BCUT2D eigenvalue weighted by Crippen LogP contribution is 1.99. The molecular formula is C8H16N2O3. The van der Waals surface area contributed by atoms with Crippen LogP contribution in [0.2, 0.25) is 0 Å². The average Bonchev–Trinajstić information content (AvgIpc) is 2.11. The number of nitrogens with zero attached hydrogens (tertiary/aromatic N) is 1. The number of aliphatic hydroxyl groups is 1. The first-order chi connectivity index (χ1) is 6.02. The molecule has 0 aromatic heterocycles. The minimum absolute atomic E-state index is 0.188. The minimum Gasteiger partial charge on any atom is -0.387 e. The molecule has 0 saturated heterocycles. The van der Waals surface area contributed by atoms with Crippen LogP contribution in [0, 0.1) is 5.92 Å². The highest BCUT2D eigenvalue weighted by molar-refractivity contribution is 5.94. The normalized spacial score (nSPS) is 9.92. The lowest BCUT2D eigenvalue weighted by atomic mass is 10.2. The largest absolute Gasteiger partial charge is 0.387 e. The Bertz CT molecular complexity index is 176. The van der Waals surface area contributed by atoms with Gasteiger partial charge in [0.1, 0.15) is 6.61 Å². The van der Waals surface area contributed by atoms with Crippen LogP contribution in [0.15, 0.2) is 0 Å². The van der Waals surface area contributed by atoms with E-state index in [2.05, 4.69) is 5.32 Å². The molecule has 0 aromatic carbocycles. The molecule has 0 aliphatic rings. The molecule has 0 radical (unpaired) electrons. The lowest BCUT2D eigenvalue weighted by Gasteiger charge is -2.20. The van der Waals surface area contributed by atoms with Gasteiger partial charge in [-0.1, -0.05) is 13.8 Å².